The van der Waals surface area contributed by atoms with Crippen LogP contribution in [0.5, 0.6) is 5.75 Å². The van der Waals surface area contributed by atoms with Crippen LogP contribution in [0.4, 0.5) is 0 Å². The summed E-state index contributed by atoms with van der Waals surface area (Å²) in [5.74, 6) is 0.145. The zero-order valence-corrected chi connectivity index (χ0v) is 15.5. The molecule has 0 saturated carbocycles. The molecule has 0 saturated heterocycles. The number of carbonyl (C=O) groups is 2. The summed E-state index contributed by atoms with van der Waals surface area (Å²) in [6.45, 7) is 1.13. The third-order valence-electron chi connectivity index (χ3n) is 4.03. The van der Waals surface area contributed by atoms with Crippen LogP contribution in [0.2, 0.25) is 0 Å². The summed E-state index contributed by atoms with van der Waals surface area (Å²) in [6, 6.07) is 20.5. The normalized spacial score (nSPS) is 11.5. The van der Waals surface area contributed by atoms with Gasteiger partial charge in [-0.25, -0.2) is 4.79 Å². The van der Waals surface area contributed by atoms with Gasteiger partial charge in [-0.15, -0.1) is 0 Å². The van der Waals surface area contributed by atoms with E-state index in [0.29, 0.717) is 11.5 Å². The Balaban J connectivity index is 1.40. The van der Waals surface area contributed by atoms with Crippen LogP contribution in [-0.2, 0) is 14.3 Å². The van der Waals surface area contributed by atoms with E-state index in [2.05, 4.69) is 5.32 Å². The molecule has 1 aromatic heterocycles. The van der Waals surface area contributed by atoms with Crippen LogP contribution in [0.1, 0.15) is 18.7 Å². The molecule has 0 spiro atoms. The maximum absolute atomic E-state index is 11.8. The molecule has 3 rings (SSSR count). The third-order valence-corrected chi connectivity index (χ3v) is 4.03. The van der Waals surface area contributed by atoms with Gasteiger partial charge >= 0.3 is 5.97 Å². The Morgan fingerprint density at radius 3 is 2.32 bits per heavy atom. The molecule has 0 aliphatic rings. The minimum atomic E-state index is -0.618. The fourth-order valence-corrected chi connectivity index (χ4v) is 2.60. The smallest absolute Gasteiger partial charge is 0.344 e. The molecule has 3 aromatic rings. The molecule has 6 nitrogen and oxygen atoms in total. The maximum atomic E-state index is 11.8. The van der Waals surface area contributed by atoms with E-state index in [4.69, 9.17) is 13.9 Å². The van der Waals surface area contributed by atoms with Gasteiger partial charge in [0.2, 0.25) is 0 Å². The minimum Gasteiger partial charge on any atom is -0.482 e. The summed E-state index contributed by atoms with van der Waals surface area (Å²) in [5, 5.41) is 2.68. The molecule has 1 amide bonds. The predicted molar refractivity (Wildman–Crippen MR) is 104 cm³/mol. The Labute approximate surface area is 163 Å². The molecule has 0 aliphatic carbocycles. The van der Waals surface area contributed by atoms with E-state index in [9.17, 15) is 9.59 Å². The Morgan fingerprint density at radius 1 is 0.929 bits per heavy atom. The second kappa shape index (κ2) is 9.41. The van der Waals surface area contributed by atoms with E-state index in [1.807, 2.05) is 42.5 Å². The van der Waals surface area contributed by atoms with Crippen molar-refractivity contribution in [3.63, 3.8) is 0 Å². The number of carbonyl (C=O) groups excluding carboxylic acids is 2. The Morgan fingerprint density at radius 2 is 1.64 bits per heavy atom. The van der Waals surface area contributed by atoms with Gasteiger partial charge < -0.3 is 19.2 Å². The van der Waals surface area contributed by atoms with Crippen molar-refractivity contribution in [2.45, 2.75) is 13.0 Å². The number of furan rings is 1. The molecule has 2 aromatic carbocycles. The first-order valence-electron chi connectivity index (χ1n) is 8.88. The van der Waals surface area contributed by atoms with Crippen LogP contribution in [0.3, 0.4) is 0 Å². The first-order valence-corrected chi connectivity index (χ1v) is 8.88. The van der Waals surface area contributed by atoms with Gasteiger partial charge in [0.15, 0.2) is 13.2 Å². The van der Waals surface area contributed by atoms with E-state index < -0.39 is 11.9 Å². The average molecular weight is 379 g/mol. The van der Waals surface area contributed by atoms with Gasteiger partial charge in [0.25, 0.3) is 5.91 Å². The molecule has 0 radical (unpaired) electrons. The fourth-order valence-electron chi connectivity index (χ4n) is 2.60. The molecule has 1 atom stereocenters. The number of amides is 1. The lowest BCUT2D eigenvalue weighted by atomic mass is 10.1. The number of hydrogen-bond donors (Lipinski definition) is 1. The lowest BCUT2D eigenvalue weighted by Crippen LogP contribution is -2.31. The second-order valence-electron chi connectivity index (χ2n) is 6.14. The highest BCUT2D eigenvalue weighted by molar-refractivity contribution is 5.81. The molecular formula is C22H21NO5. The summed E-state index contributed by atoms with van der Waals surface area (Å²) in [6.07, 6.45) is 1.53. The molecule has 1 heterocycles. The molecular weight excluding hydrogens is 358 g/mol. The Hall–Kier alpha value is -3.54. The molecule has 0 fully saturated rings. The van der Waals surface area contributed by atoms with Crippen LogP contribution in [-0.4, -0.2) is 25.1 Å². The van der Waals surface area contributed by atoms with Crippen molar-refractivity contribution >= 4 is 11.9 Å². The van der Waals surface area contributed by atoms with Crippen LogP contribution >= 0.6 is 0 Å². The van der Waals surface area contributed by atoms with Gasteiger partial charge in [0, 0.05) is 0 Å². The first-order chi connectivity index (χ1) is 13.6. The monoisotopic (exact) mass is 379 g/mol. The van der Waals surface area contributed by atoms with Crippen molar-refractivity contribution in [1.82, 2.24) is 5.32 Å². The summed E-state index contributed by atoms with van der Waals surface area (Å²) in [4.78, 5) is 23.6. The van der Waals surface area contributed by atoms with Crippen molar-refractivity contribution in [3.05, 3.63) is 78.8 Å². The summed E-state index contributed by atoms with van der Waals surface area (Å²) in [5.41, 5.74) is 2.15. The lowest BCUT2D eigenvalue weighted by molar-refractivity contribution is -0.150. The standard InChI is InChI=1S/C22H21NO5/c1-16(20-8-5-13-26-20)23-21(24)14-28-22(25)15-27-19-11-9-18(10-12-19)17-6-3-2-4-7-17/h2-13,16H,14-15H2,1H3,(H,23,24)/t16-/m1/s1. The van der Waals surface area contributed by atoms with E-state index in [-0.39, 0.29) is 19.3 Å². The molecule has 144 valence electrons. The number of rotatable bonds is 8. The van der Waals surface area contributed by atoms with Gasteiger partial charge in [-0.3, -0.25) is 4.79 Å². The molecule has 0 unspecified atom stereocenters. The zero-order chi connectivity index (χ0) is 19.8. The third kappa shape index (κ3) is 5.48. The van der Waals surface area contributed by atoms with E-state index >= 15 is 0 Å². The summed E-state index contributed by atoms with van der Waals surface area (Å²) in [7, 11) is 0. The van der Waals surface area contributed by atoms with Gasteiger partial charge in [0.1, 0.15) is 11.5 Å². The van der Waals surface area contributed by atoms with Crippen LogP contribution in [0.25, 0.3) is 11.1 Å². The lowest BCUT2D eigenvalue weighted by Gasteiger charge is -2.12. The second-order valence-corrected chi connectivity index (χ2v) is 6.14. The van der Waals surface area contributed by atoms with Crippen molar-refractivity contribution in [2.75, 3.05) is 13.2 Å². The van der Waals surface area contributed by atoms with E-state index in [1.165, 1.54) is 6.26 Å². The van der Waals surface area contributed by atoms with E-state index in [1.54, 1.807) is 31.2 Å². The Kier molecular flexibility index (Phi) is 6.46. The number of benzene rings is 2. The molecule has 28 heavy (non-hydrogen) atoms. The molecule has 0 aliphatic heterocycles. The number of nitrogens with one attached hydrogen (secondary N) is 1. The average Bonchev–Trinajstić information content (AvgIpc) is 3.27. The molecule has 1 N–H and O–H groups in total. The highest BCUT2D eigenvalue weighted by Crippen LogP contribution is 2.22. The molecule has 6 heteroatoms. The van der Waals surface area contributed by atoms with Gasteiger partial charge in [-0.05, 0) is 42.3 Å². The van der Waals surface area contributed by atoms with E-state index in [0.717, 1.165) is 11.1 Å². The maximum Gasteiger partial charge on any atom is 0.344 e. The van der Waals surface area contributed by atoms with Crippen molar-refractivity contribution < 1.29 is 23.5 Å². The number of esters is 1. The summed E-state index contributed by atoms with van der Waals surface area (Å²) < 4.78 is 15.5. The zero-order valence-electron chi connectivity index (χ0n) is 15.5. The topological polar surface area (TPSA) is 77.8 Å². The van der Waals surface area contributed by atoms with Crippen LogP contribution < -0.4 is 10.1 Å². The predicted octanol–water partition coefficient (Wildman–Crippen LogP) is 3.75. The fraction of sp³-hybridized carbons (Fsp3) is 0.182. The number of ether oxygens (including phenoxy) is 2. The SMILES string of the molecule is C[C@@H](NC(=O)COC(=O)COc1ccc(-c2ccccc2)cc1)c1ccco1. The minimum absolute atomic E-state index is 0.272. The van der Waals surface area contributed by atoms with Gasteiger partial charge in [-0.1, -0.05) is 42.5 Å². The van der Waals surface area contributed by atoms with Crippen molar-refractivity contribution in [3.8, 4) is 16.9 Å². The first kappa shape index (κ1) is 19.2. The largest absolute Gasteiger partial charge is 0.482 e. The highest BCUT2D eigenvalue weighted by Gasteiger charge is 2.14. The van der Waals surface area contributed by atoms with Crippen LogP contribution in [0, 0.1) is 0 Å². The van der Waals surface area contributed by atoms with Gasteiger partial charge in [0.05, 0.1) is 12.3 Å². The highest BCUT2D eigenvalue weighted by atomic mass is 16.6. The van der Waals surface area contributed by atoms with Crippen LogP contribution in [0.15, 0.2) is 77.4 Å². The van der Waals surface area contributed by atoms with Crippen molar-refractivity contribution in [2.24, 2.45) is 0 Å². The quantitative estimate of drug-likeness (QED) is 0.603. The van der Waals surface area contributed by atoms with Gasteiger partial charge in [-0.2, -0.15) is 0 Å². The van der Waals surface area contributed by atoms with Crippen molar-refractivity contribution in [1.29, 1.82) is 0 Å². The molecule has 0 bridgehead atoms. The number of hydrogen-bond acceptors (Lipinski definition) is 5. The summed E-state index contributed by atoms with van der Waals surface area (Å²) >= 11 is 0. The Bertz CT molecular complexity index is 888.